The molecule has 1 saturated heterocycles. The Kier molecular flexibility index (Phi) is 2.68. The first kappa shape index (κ1) is 11.7. The topological polar surface area (TPSA) is 48.1 Å². The van der Waals surface area contributed by atoms with E-state index in [1.165, 1.54) is 5.57 Å². The summed E-state index contributed by atoms with van der Waals surface area (Å²) < 4.78 is 0. The van der Waals surface area contributed by atoms with Gasteiger partial charge in [0.1, 0.15) is 11.7 Å². The number of aliphatic imine (C=N–C) groups is 1. The molecule has 0 radical (unpaired) electrons. The molecule has 98 valence electrons. The Hall–Kier alpha value is -1.33. The van der Waals surface area contributed by atoms with E-state index in [1.807, 2.05) is 0 Å². The molecule has 3 aliphatic heterocycles. The van der Waals surface area contributed by atoms with Crippen molar-refractivity contribution >= 4 is 5.84 Å². The van der Waals surface area contributed by atoms with Crippen LogP contribution in [0.3, 0.4) is 0 Å². The molecule has 5 heteroatoms. The summed E-state index contributed by atoms with van der Waals surface area (Å²) in [5.74, 6) is 2.12. The van der Waals surface area contributed by atoms with Crippen LogP contribution in [-0.4, -0.2) is 53.0 Å². The van der Waals surface area contributed by atoms with E-state index < -0.39 is 0 Å². The van der Waals surface area contributed by atoms with Gasteiger partial charge in [-0.2, -0.15) is 0 Å². The van der Waals surface area contributed by atoms with Crippen molar-refractivity contribution < 1.29 is 0 Å². The average molecular weight is 247 g/mol. The van der Waals surface area contributed by atoms with E-state index in [2.05, 4.69) is 48.1 Å². The minimum absolute atomic E-state index is 0.290. The van der Waals surface area contributed by atoms with Crippen LogP contribution in [0.5, 0.6) is 0 Å². The van der Waals surface area contributed by atoms with Crippen LogP contribution in [0, 0.1) is 0 Å². The molecule has 0 amide bonds. The Morgan fingerprint density at radius 2 is 2.22 bits per heavy atom. The lowest BCUT2D eigenvalue weighted by atomic mass is 10.2. The molecular weight excluding hydrogens is 226 g/mol. The quantitative estimate of drug-likeness (QED) is 0.685. The van der Waals surface area contributed by atoms with E-state index in [-0.39, 0.29) is 6.04 Å². The Balaban J connectivity index is 1.88. The fraction of sp³-hybridized carbons (Fsp3) is 0.615. The summed E-state index contributed by atoms with van der Waals surface area (Å²) in [4.78, 5) is 7.11. The maximum Gasteiger partial charge on any atom is 0.147 e. The van der Waals surface area contributed by atoms with E-state index >= 15 is 0 Å². The minimum atomic E-state index is 0.290. The van der Waals surface area contributed by atoms with Crippen LogP contribution in [0.2, 0.25) is 0 Å². The predicted molar refractivity (Wildman–Crippen MR) is 72.5 cm³/mol. The summed E-state index contributed by atoms with van der Waals surface area (Å²) >= 11 is 0. The zero-order valence-electron chi connectivity index (χ0n) is 11.3. The van der Waals surface area contributed by atoms with Gasteiger partial charge in [-0.25, -0.2) is 10.0 Å². The number of likely N-dealkylation sites (tertiary alicyclic amines) is 1. The summed E-state index contributed by atoms with van der Waals surface area (Å²) in [5.41, 5.74) is 7.19. The molecule has 1 fully saturated rings. The Labute approximate surface area is 108 Å². The molecule has 5 nitrogen and oxygen atoms in total. The van der Waals surface area contributed by atoms with Crippen molar-refractivity contribution in [3.63, 3.8) is 0 Å². The largest absolute Gasteiger partial charge is 0.355 e. The zero-order valence-corrected chi connectivity index (χ0v) is 11.3. The highest BCUT2D eigenvalue weighted by Gasteiger charge is 2.31. The molecule has 2 atom stereocenters. The number of hydrogen-bond donors (Lipinski definition) is 1. The molecule has 0 spiro atoms. The highest BCUT2D eigenvalue weighted by atomic mass is 15.7. The lowest BCUT2D eigenvalue weighted by Gasteiger charge is -2.32. The monoisotopic (exact) mass is 247 g/mol. The van der Waals surface area contributed by atoms with Crippen LogP contribution in [-0.2, 0) is 0 Å². The van der Waals surface area contributed by atoms with E-state index in [0.717, 1.165) is 31.2 Å². The van der Waals surface area contributed by atoms with Gasteiger partial charge in [-0.1, -0.05) is 0 Å². The third-order valence-electron chi connectivity index (χ3n) is 3.97. The third kappa shape index (κ3) is 1.74. The minimum Gasteiger partial charge on any atom is -0.355 e. The number of rotatable bonds is 0. The van der Waals surface area contributed by atoms with Crippen LogP contribution in [0.25, 0.3) is 0 Å². The number of hydrazine groups is 1. The summed E-state index contributed by atoms with van der Waals surface area (Å²) in [7, 11) is 2.09. The number of fused-ring (bicyclic) bond motifs is 1. The molecule has 18 heavy (non-hydrogen) atoms. The van der Waals surface area contributed by atoms with Crippen LogP contribution in [0.1, 0.15) is 20.3 Å². The molecule has 0 aromatic heterocycles. The number of nitrogens with two attached hydrogens (primary N) is 1. The molecular formula is C13H21N5. The van der Waals surface area contributed by atoms with Crippen LogP contribution in [0.15, 0.2) is 28.7 Å². The Morgan fingerprint density at radius 1 is 1.44 bits per heavy atom. The second kappa shape index (κ2) is 4.10. The standard InChI is InChI=1S/C13H21N5/c1-9-7-18-12(6-10(2)16(18)3)15-13(9)17-5-4-11(14)8-17/h6-7,10-11H,4-5,8,14H2,1-3H3/t10-,11+/m1/s1. The molecule has 0 aromatic rings. The Morgan fingerprint density at radius 3 is 2.89 bits per heavy atom. The van der Waals surface area contributed by atoms with Gasteiger partial charge in [0.2, 0.25) is 0 Å². The SMILES string of the molecule is CC1=CN2C(=C[C@@H](C)N2C)N=C1N1CC[C@H](N)C1. The lowest BCUT2D eigenvalue weighted by Crippen LogP contribution is -2.39. The molecule has 2 N–H and O–H groups in total. The summed E-state index contributed by atoms with van der Waals surface area (Å²) in [5, 5.41) is 4.31. The third-order valence-corrected chi connectivity index (χ3v) is 3.97. The second-order valence-electron chi connectivity index (χ2n) is 5.43. The zero-order chi connectivity index (χ0) is 12.9. The van der Waals surface area contributed by atoms with Crippen LogP contribution < -0.4 is 5.73 Å². The molecule has 0 aliphatic carbocycles. The van der Waals surface area contributed by atoms with E-state index in [4.69, 9.17) is 10.7 Å². The van der Waals surface area contributed by atoms with Crippen molar-refractivity contribution in [1.29, 1.82) is 0 Å². The highest BCUT2D eigenvalue weighted by molar-refractivity contribution is 5.99. The molecule has 3 aliphatic rings. The second-order valence-corrected chi connectivity index (χ2v) is 5.43. The summed E-state index contributed by atoms with van der Waals surface area (Å²) in [6.45, 7) is 6.23. The van der Waals surface area contributed by atoms with Gasteiger partial charge in [-0.3, -0.25) is 5.01 Å². The van der Waals surface area contributed by atoms with Gasteiger partial charge >= 0.3 is 0 Å². The smallest absolute Gasteiger partial charge is 0.147 e. The first-order chi connectivity index (χ1) is 8.56. The van der Waals surface area contributed by atoms with Gasteiger partial charge in [0, 0.05) is 44.0 Å². The van der Waals surface area contributed by atoms with Crippen LogP contribution in [0.4, 0.5) is 0 Å². The van der Waals surface area contributed by atoms with Gasteiger partial charge in [-0.05, 0) is 26.3 Å². The van der Waals surface area contributed by atoms with Crippen LogP contribution >= 0.6 is 0 Å². The first-order valence-electron chi connectivity index (χ1n) is 6.58. The van der Waals surface area contributed by atoms with Crippen molar-refractivity contribution in [2.24, 2.45) is 10.7 Å². The molecule has 0 bridgehead atoms. The summed E-state index contributed by atoms with van der Waals surface area (Å²) in [6.07, 6.45) is 5.42. The van der Waals surface area contributed by atoms with Crippen molar-refractivity contribution in [2.75, 3.05) is 20.1 Å². The number of likely N-dealkylation sites (N-methyl/N-ethyl adjacent to an activating group) is 1. The van der Waals surface area contributed by atoms with Gasteiger partial charge in [-0.15, -0.1) is 0 Å². The van der Waals surface area contributed by atoms with E-state index in [9.17, 15) is 0 Å². The highest BCUT2D eigenvalue weighted by Crippen LogP contribution is 2.28. The van der Waals surface area contributed by atoms with Gasteiger partial charge in [0.25, 0.3) is 0 Å². The van der Waals surface area contributed by atoms with E-state index in [1.54, 1.807) is 0 Å². The molecule has 0 unspecified atom stereocenters. The fourth-order valence-electron chi connectivity index (χ4n) is 2.74. The van der Waals surface area contributed by atoms with Crippen molar-refractivity contribution in [3.05, 3.63) is 23.7 Å². The van der Waals surface area contributed by atoms with Crippen molar-refractivity contribution in [3.8, 4) is 0 Å². The fourth-order valence-corrected chi connectivity index (χ4v) is 2.74. The molecule has 3 rings (SSSR count). The maximum atomic E-state index is 5.98. The predicted octanol–water partition coefficient (Wildman–Crippen LogP) is 0.728. The summed E-state index contributed by atoms with van der Waals surface area (Å²) in [6, 6.07) is 0.686. The number of amidine groups is 1. The Bertz CT molecular complexity index is 450. The van der Waals surface area contributed by atoms with Gasteiger partial charge in [0.15, 0.2) is 0 Å². The van der Waals surface area contributed by atoms with Crippen molar-refractivity contribution in [2.45, 2.75) is 32.4 Å². The molecule has 0 saturated carbocycles. The van der Waals surface area contributed by atoms with Gasteiger partial charge < -0.3 is 10.6 Å². The van der Waals surface area contributed by atoms with Crippen molar-refractivity contribution in [1.82, 2.24) is 14.9 Å². The maximum absolute atomic E-state index is 5.98. The molecule has 3 heterocycles. The van der Waals surface area contributed by atoms with E-state index in [0.29, 0.717) is 6.04 Å². The van der Waals surface area contributed by atoms with Gasteiger partial charge in [0.05, 0.1) is 0 Å². The number of nitrogens with zero attached hydrogens (tertiary/aromatic N) is 4. The molecule has 0 aromatic carbocycles. The average Bonchev–Trinajstić information content (AvgIpc) is 2.86. The lowest BCUT2D eigenvalue weighted by molar-refractivity contribution is 0.0889. The normalized spacial score (nSPS) is 32.3. The number of hydrogen-bond acceptors (Lipinski definition) is 5. The first-order valence-corrected chi connectivity index (χ1v) is 6.58.